The Hall–Kier alpha value is -1.18. The highest BCUT2D eigenvalue weighted by molar-refractivity contribution is 7.89. The Morgan fingerprint density at radius 1 is 1.48 bits per heavy atom. The molecule has 1 heterocycles. The van der Waals surface area contributed by atoms with Crippen LogP contribution in [0.15, 0.2) is 23.1 Å². The number of nitrogens with one attached hydrogen (secondary N) is 1. The Morgan fingerprint density at radius 2 is 2.19 bits per heavy atom. The lowest BCUT2D eigenvalue weighted by molar-refractivity contribution is -0.0442. The van der Waals surface area contributed by atoms with Crippen LogP contribution in [0.4, 0.5) is 10.1 Å². The summed E-state index contributed by atoms with van der Waals surface area (Å²) in [5.74, 6) is -0.535. The van der Waals surface area contributed by atoms with Crippen molar-refractivity contribution in [2.24, 2.45) is 0 Å². The molecule has 2 rings (SSSR count). The van der Waals surface area contributed by atoms with Gasteiger partial charge in [-0.05, 0) is 38.6 Å². The van der Waals surface area contributed by atoms with Crippen molar-refractivity contribution in [1.82, 2.24) is 4.72 Å². The summed E-state index contributed by atoms with van der Waals surface area (Å²) < 4.78 is 45.5. The molecule has 0 aliphatic carbocycles. The molecule has 7 heteroatoms. The first-order valence-corrected chi connectivity index (χ1v) is 8.41. The van der Waals surface area contributed by atoms with Crippen LogP contribution >= 0.6 is 0 Å². The maximum absolute atomic E-state index is 14.3. The molecule has 0 aromatic heterocycles. The molecule has 0 bridgehead atoms. The molecule has 1 N–H and O–H groups in total. The number of sulfonamides is 1. The van der Waals surface area contributed by atoms with E-state index in [-0.39, 0.29) is 10.5 Å². The van der Waals surface area contributed by atoms with Crippen molar-refractivity contribution in [1.29, 1.82) is 0 Å². The Kier molecular flexibility index (Phi) is 4.55. The highest BCUT2D eigenvalue weighted by Gasteiger charge is 2.31. The van der Waals surface area contributed by atoms with E-state index in [1.807, 2.05) is 18.7 Å². The van der Waals surface area contributed by atoms with Crippen LogP contribution in [0.1, 0.15) is 20.3 Å². The van der Waals surface area contributed by atoms with Crippen LogP contribution in [0.5, 0.6) is 0 Å². The van der Waals surface area contributed by atoms with Gasteiger partial charge in [-0.15, -0.1) is 0 Å². The van der Waals surface area contributed by atoms with Crippen LogP contribution in [-0.4, -0.2) is 40.8 Å². The van der Waals surface area contributed by atoms with E-state index in [2.05, 4.69) is 4.72 Å². The summed E-state index contributed by atoms with van der Waals surface area (Å²) in [5.41, 5.74) is 0.105. The number of rotatable bonds is 4. The van der Waals surface area contributed by atoms with Gasteiger partial charge in [0.05, 0.1) is 22.8 Å². The maximum Gasteiger partial charge on any atom is 0.240 e. The van der Waals surface area contributed by atoms with Gasteiger partial charge in [0.1, 0.15) is 5.82 Å². The van der Waals surface area contributed by atoms with Crippen molar-refractivity contribution < 1.29 is 17.5 Å². The molecule has 1 aromatic carbocycles. The van der Waals surface area contributed by atoms with Crippen LogP contribution < -0.4 is 9.62 Å². The number of benzene rings is 1. The van der Waals surface area contributed by atoms with Crippen molar-refractivity contribution in [2.45, 2.75) is 30.8 Å². The lowest BCUT2D eigenvalue weighted by Crippen LogP contribution is -2.50. The molecule has 1 atom stereocenters. The SMILES string of the molecule is CCC1(C)CN(c2ccc(S(=O)(=O)NC)cc2F)CCO1. The molecule has 1 unspecified atom stereocenters. The predicted molar refractivity (Wildman–Crippen MR) is 79.5 cm³/mol. The third kappa shape index (κ3) is 3.36. The minimum absolute atomic E-state index is 0.0715. The Labute approximate surface area is 125 Å². The van der Waals surface area contributed by atoms with Gasteiger partial charge in [-0.2, -0.15) is 0 Å². The average molecular weight is 316 g/mol. The normalized spacial score (nSPS) is 23.3. The van der Waals surface area contributed by atoms with E-state index < -0.39 is 15.8 Å². The minimum atomic E-state index is -3.63. The Morgan fingerprint density at radius 3 is 2.76 bits per heavy atom. The number of nitrogens with zero attached hydrogens (tertiary/aromatic N) is 1. The highest BCUT2D eigenvalue weighted by atomic mass is 32.2. The van der Waals surface area contributed by atoms with Crippen molar-refractivity contribution >= 4 is 15.7 Å². The van der Waals surface area contributed by atoms with E-state index in [1.54, 1.807) is 0 Å². The summed E-state index contributed by atoms with van der Waals surface area (Å²) in [6, 6.07) is 3.99. The van der Waals surface area contributed by atoms with Crippen molar-refractivity contribution in [3.63, 3.8) is 0 Å². The molecule has 5 nitrogen and oxygen atoms in total. The fraction of sp³-hybridized carbons (Fsp3) is 0.571. The zero-order chi connectivity index (χ0) is 15.7. The highest BCUT2D eigenvalue weighted by Crippen LogP contribution is 2.28. The summed E-state index contributed by atoms with van der Waals surface area (Å²) in [5, 5.41) is 0. The first kappa shape index (κ1) is 16.2. The largest absolute Gasteiger partial charge is 0.372 e. The lowest BCUT2D eigenvalue weighted by Gasteiger charge is -2.41. The van der Waals surface area contributed by atoms with E-state index in [1.165, 1.54) is 19.2 Å². The van der Waals surface area contributed by atoms with E-state index in [0.29, 0.717) is 25.4 Å². The summed E-state index contributed by atoms with van der Waals surface area (Å²) in [4.78, 5) is 1.83. The van der Waals surface area contributed by atoms with Crippen LogP contribution in [0.25, 0.3) is 0 Å². The topological polar surface area (TPSA) is 58.6 Å². The molecule has 118 valence electrons. The average Bonchev–Trinajstić information content (AvgIpc) is 2.47. The molecule has 0 radical (unpaired) electrons. The number of hydrogen-bond acceptors (Lipinski definition) is 4. The minimum Gasteiger partial charge on any atom is -0.372 e. The molecule has 1 aliphatic heterocycles. The van der Waals surface area contributed by atoms with Crippen LogP contribution in [-0.2, 0) is 14.8 Å². The lowest BCUT2D eigenvalue weighted by atomic mass is 10.0. The first-order chi connectivity index (χ1) is 9.81. The quantitative estimate of drug-likeness (QED) is 0.919. The summed E-state index contributed by atoms with van der Waals surface area (Å²) in [6.45, 7) is 5.73. The van der Waals surface area contributed by atoms with Crippen LogP contribution in [0.3, 0.4) is 0 Å². The summed E-state index contributed by atoms with van der Waals surface area (Å²) in [7, 11) is -2.33. The van der Waals surface area contributed by atoms with Gasteiger partial charge in [0.25, 0.3) is 0 Å². The number of anilines is 1. The summed E-state index contributed by atoms with van der Waals surface area (Å²) >= 11 is 0. The number of morpholine rings is 1. The molecule has 1 fully saturated rings. The van der Waals surface area contributed by atoms with Gasteiger partial charge in [-0.1, -0.05) is 6.92 Å². The van der Waals surface area contributed by atoms with Crippen LogP contribution in [0, 0.1) is 5.82 Å². The molecule has 21 heavy (non-hydrogen) atoms. The van der Waals surface area contributed by atoms with Gasteiger partial charge in [-0.25, -0.2) is 17.5 Å². The zero-order valence-electron chi connectivity index (χ0n) is 12.5. The van der Waals surface area contributed by atoms with Crippen molar-refractivity contribution in [2.75, 3.05) is 31.6 Å². The van der Waals surface area contributed by atoms with Gasteiger partial charge in [0.2, 0.25) is 10.0 Å². The predicted octanol–water partition coefficient (Wildman–Crippen LogP) is 1.74. The van der Waals surface area contributed by atoms with Crippen molar-refractivity contribution in [3.05, 3.63) is 24.0 Å². The van der Waals surface area contributed by atoms with E-state index in [9.17, 15) is 12.8 Å². The third-order valence-corrected chi connectivity index (χ3v) is 5.34. The first-order valence-electron chi connectivity index (χ1n) is 6.93. The van der Waals surface area contributed by atoms with Gasteiger partial charge in [-0.3, -0.25) is 0 Å². The molecule has 0 spiro atoms. The molecule has 0 saturated carbocycles. The molecular formula is C14H21FN2O3S. The van der Waals surface area contributed by atoms with Crippen LogP contribution in [0.2, 0.25) is 0 Å². The second kappa shape index (κ2) is 5.90. The Balaban J connectivity index is 2.29. The third-order valence-electron chi connectivity index (χ3n) is 3.92. The zero-order valence-corrected chi connectivity index (χ0v) is 13.3. The smallest absolute Gasteiger partial charge is 0.240 e. The second-order valence-electron chi connectivity index (χ2n) is 5.39. The van der Waals surface area contributed by atoms with E-state index in [4.69, 9.17) is 4.74 Å². The van der Waals surface area contributed by atoms with Crippen molar-refractivity contribution in [3.8, 4) is 0 Å². The van der Waals surface area contributed by atoms with Gasteiger partial charge >= 0.3 is 0 Å². The molecule has 1 aromatic rings. The maximum atomic E-state index is 14.3. The van der Waals surface area contributed by atoms with Gasteiger partial charge in [0, 0.05) is 13.1 Å². The fourth-order valence-corrected chi connectivity index (χ4v) is 3.12. The number of halogens is 1. The molecular weight excluding hydrogens is 295 g/mol. The second-order valence-corrected chi connectivity index (χ2v) is 7.28. The number of hydrogen-bond donors (Lipinski definition) is 1. The van der Waals surface area contributed by atoms with E-state index >= 15 is 0 Å². The van der Waals surface area contributed by atoms with Gasteiger partial charge < -0.3 is 9.64 Å². The molecule has 1 saturated heterocycles. The molecule has 0 amide bonds. The summed E-state index contributed by atoms with van der Waals surface area (Å²) in [6.07, 6.45) is 0.831. The van der Waals surface area contributed by atoms with E-state index in [0.717, 1.165) is 12.5 Å². The Bertz CT molecular complexity index is 621. The van der Waals surface area contributed by atoms with Gasteiger partial charge in [0.15, 0.2) is 0 Å². The fourth-order valence-electron chi connectivity index (χ4n) is 2.38. The monoisotopic (exact) mass is 316 g/mol. The standard InChI is InChI=1S/C14H21FN2O3S/c1-4-14(2)10-17(7-8-20-14)13-6-5-11(9-12(13)15)21(18,19)16-3/h5-6,9,16H,4,7-8,10H2,1-3H3. The number of ether oxygens (including phenoxy) is 1. The molecule has 1 aliphatic rings.